The highest BCUT2D eigenvalue weighted by atomic mass is 19.3. The lowest BCUT2D eigenvalue weighted by Crippen LogP contribution is -2.41. The zero-order chi connectivity index (χ0) is 19.3. The molecule has 1 atom stereocenters. The van der Waals surface area contributed by atoms with Crippen molar-refractivity contribution in [3.8, 4) is 0 Å². The quantitative estimate of drug-likeness (QED) is 0.568. The number of fused-ring (bicyclic) bond motifs is 2. The Morgan fingerprint density at radius 1 is 1.32 bits per heavy atom. The second kappa shape index (κ2) is 6.25. The van der Waals surface area contributed by atoms with Crippen LogP contribution in [0, 0.1) is 0 Å². The van der Waals surface area contributed by atoms with E-state index in [1.165, 1.54) is 4.90 Å². The zero-order valence-electron chi connectivity index (χ0n) is 14.5. The number of aromatic nitrogens is 6. The third-order valence-electron chi connectivity index (χ3n) is 4.97. The Morgan fingerprint density at radius 3 is 3.04 bits per heavy atom. The second-order valence-electron chi connectivity index (χ2n) is 6.55. The Balaban J connectivity index is 1.62. The van der Waals surface area contributed by atoms with Crippen molar-refractivity contribution in [2.45, 2.75) is 18.9 Å². The van der Waals surface area contributed by atoms with Gasteiger partial charge < -0.3 is 9.88 Å². The lowest BCUT2D eigenvalue weighted by atomic mass is 9.98. The molecular formula is C18H15F2N7O. The van der Waals surface area contributed by atoms with E-state index >= 15 is 0 Å². The maximum atomic E-state index is 13.3. The Hall–Kier alpha value is -3.56. The van der Waals surface area contributed by atoms with Crippen LogP contribution in [-0.2, 0) is 6.42 Å². The van der Waals surface area contributed by atoms with Crippen molar-refractivity contribution >= 4 is 11.4 Å². The molecule has 1 aliphatic heterocycles. The van der Waals surface area contributed by atoms with Crippen molar-refractivity contribution in [3.63, 3.8) is 0 Å². The smallest absolute Gasteiger partial charge is 0.280 e. The van der Waals surface area contributed by atoms with Gasteiger partial charge in [-0.2, -0.15) is 10.2 Å². The fraction of sp³-hybridized carbons (Fsp3) is 0.222. The van der Waals surface area contributed by atoms with Gasteiger partial charge in [0.25, 0.3) is 12.3 Å². The van der Waals surface area contributed by atoms with Gasteiger partial charge in [0.1, 0.15) is 11.7 Å². The second-order valence-corrected chi connectivity index (χ2v) is 6.55. The molecule has 0 aliphatic carbocycles. The van der Waals surface area contributed by atoms with Crippen LogP contribution in [0.25, 0.3) is 5.52 Å². The van der Waals surface area contributed by atoms with Gasteiger partial charge >= 0.3 is 0 Å². The van der Waals surface area contributed by atoms with Crippen molar-refractivity contribution in [2.75, 3.05) is 6.54 Å². The summed E-state index contributed by atoms with van der Waals surface area (Å²) in [5.74, 6) is -0.528. The van der Waals surface area contributed by atoms with Gasteiger partial charge in [-0.3, -0.25) is 9.89 Å². The molecule has 1 aliphatic rings. The van der Waals surface area contributed by atoms with E-state index in [2.05, 4.69) is 25.3 Å². The van der Waals surface area contributed by atoms with E-state index < -0.39 is 24.1 Å². The number of rotatable bonds is 3. The number of aromatic amines is 2. The van der Waals surface area contributed by atoms with Crippen LogP contribution in [0.5, 0.6) is 0 Å². The van der Waals surface area contributed by atoms with E-state index in [1.807, 2.05) is 30.5 Å². The highest BCUT2D eigenvalue weighted by molar-refractivity contribution is 5.95. The number of halogens is 2. The highest BCUT2D eigenvalue weighted by Gasteiger charge is 2.37. The predicted octanol–water partition coefficient (Wildman–Crippen LogP) is 2.51. The van der Waals surface area contributed by atoms with Crippen molar-refractivity contribution in [1.29, 1.82) is 0 Å². The lowest BCUT2D eigenvalue weighted by molar-refractivity contribution is 0.0675. The van der Waals surface area contributed by atoms with Crippen LogP contribution in [-0.4, -0.2) is 47.1 Å². The van der Waals surface area contributed by atoms with Gasteiger partial charge in [-0.15, -0.1) is 0 Å². The molecule has 4 aromatic rings. The number of hydrogen-bond donors (Lipinski definition) is 2. The van der Waals surface area contributed by atoms with Gasteiger partial charge in [-0.1, -0.05) is 6.07 Å². The average Bonchev–Trinajstić information content (AvgIpc) is 3.44. The number of carbonyl (C=O) groups excluding carboxylic acids is 1. The van der Waals surface area contributed by atoms with Crippen molar-refractivity contribution in [3.05, 3.63) is 71.3 Å². The van der Waals surface area contributed by atoms with Gasteiger partial charge in [0.15, 0.2) is 0 Å². The molecule has 1 unspecified atom stereocenters. The molecular weight excluding hydrogens is 368 g/mol. The van der Waals surface area contributed by atoms with Crippen LogP contribution in [0.1, 0.15) is 45.6 Å². The van der Waals surface area contributed by atoms with Gasteiger partial charge in [-0.25, -0.2) is 18.3 Å². The molecule has 142 valence electrons. The van der Waals surface area contributed by atoms with Crippen molar-refractivity contribution in [1.82, 2.24) is 34.7 Å². The number of pyridine rings is 1. The summed E-state index contributed by atoms with van der Waals surface area (Å²) in [5.41, 5.74) is 2.45. The summed E-state index contributed by atoms with van der Waals surface area (Å²) in [6, 6.07) is 6.95. The summed E-state index contributed by atoms with van der Waals surface area (Å²) >= 11 is 0. The monoisotopic (exact) mass is 383 g/mol. The first kappa shape index (κ1) is 16.6. The molecule has 0 aromatic carbocycles. The molecule has 1 amide bonds. The normalized spacial score (nSPS) is 16.7. The lowest BCUT2D eigenvalue weighted by Gasteiger charge is -2.33. The molecule has 0 spiro atoms. The van der Waals surface area contributed by atoms with E-state index in [0.29, 0.717) is 24.4 Å². The Morgan fingerprint density at radius 2 is 2.21 bits per heavy atom. The van der Waals surface area contributed by atoms with Crippen molar-refractivity contribution in [2.24, 2.45) is 0 Å². The number of H-pyrrole nitrogens is 2. The topological polar surface area (TPSA) is 95.0 Å². The molecule has 0 fully saturated rings. The molecule has 0 radical (unpaired) electrons. The minimum Gasteiger partial charge on any atom is -0.348 e. The number of alkyl halides is 2. The average molecular weight is 383 g/mol. The summed E-state index contributed by atoms with van der Waals surface area (Å²) in [6.45, 7) is 0.348. The van der Waals surface area contributed by atoms with Crippen LogP contribution in [0.15, 0.2) is 43.0 Å². The summed E-state index contributed by atoms with van der Waals surface area (Å²) in [4.78, 5) is 22.2. The van der Waals surface area contributed by atoms with Gasteiger partial charge in [0.2, 0.25) is 0 Å². The molecule has 5 heterocycles. The summed E-state index contributed by atoms with van der Waals surface area (Å²) in [6.07, 6.45) is 2.26. The van der Waals surface area contributed by atoms with Crippen LogP contribution in [0.3, 0.4) is 0 Å². The van der Waals surface area contributed by atoms with Gasteiger partial charge in [0, 0.05) is 24.9 Å². The van der Waals surface area contributed by atoms with Crippen LogP contribution in [0.4, 0.5) is 8.78 Å². The Bertz CT molecular complexity index is 1130. The molecule has 4 aromatic heterocycles. The fourth-order valence-electron chi connectivity index (χ4n) is 3.67. The van der Waals surface area contributed by atoms with E-state index in [4.69, 9.17) is 0 Å². The molecule has 10 heteroatoms. The predicted molar refractivity (Wildman–Crippen MR) is 93.9 cm³/mol. The number of carbonyl (C=O) groups is 1. The van der Waals surface area contributed by atoms with Crippen molar-refractivity contribution < 1.29 is 13.6 Å². The molecule has 0 saturated carbocycles. The van der Waals surface area contributed by atoms with Gasteiger partial charge in [-0.05, 0) is 18.2 Å². The maximum Gasteiger partial charge on any atom is 0.280 e. The van der Waals surface area contributed by atoms with E-state index in [0.717, 1.165) is 17.4 Å². The first-order valence-corrected chi connectivity index (χ1v) is 8.72. The molecule has 2 N–H and O–H groups in total. The molecule has 8 nitrogen and oxygen atoms in total. The number of amides is 1. The number of imidazole rings is 1. The largest absolute Gasteiger partial charge is 0.348 e. The zero-order valence-corrected chi connectivity index (χ0v) is 14.5. The van der Waals surface area contributed by atoms with E-state index in [-0.39, 0.29) is 5.56 Å². The standard InChI is InChI=1S/C18H15F2N7O/c19-17(20)14-11(8-23-24-14)18(28)26-6-4-12-15(22-9-21-12)16(26)13-7-10-3-1-2-5-27(10)25-13/h1-3,5,7-9,16-17H,4,6H2,(H,21,22)(H,23,24). The first-order valence-electron chi connectivity index (χ1n) is 8.72. The molecule has 28 heavy (non-hydrogen) atoms. The third kappa shape index (κ3) is 2.48. The molecule has 0 bridgehead atoms. The van der Waals surface area contributed by atoms with Crippen LogP contribution in [0.2, 0.25) is 0 Å². The van der Waals surface area contributed by atoms with Crippen LogP contribution < -0.4 is 0 Å². The number of nitrogens with one attached hydrogen (secondary N) is 2. The first-order chi connectivity index (χ1) is 13.6. The summed E-state index contributed by atoms with van der Waals surface area (Å²) < 4.78 is 28.2. The Labute approximate surface area is 157 Å². The minimum atomic E-state index is -2.82. The summed E-state index contributed by atoms with van der Waals surface area (Å²) in [5, 5.41) is 10.4. The van der Waals surface area contributed by atoms with Gasteiger partial charge in [0.05, 0.1) is 35.0 Å². The maximum absolute atomic E-state index is 13.3. The van der Waals surface area contributed by atoms with Crippen LogP contribution >= 0.6 is 0 Å². The fourth-order valence-corrected chi connectivity index (χ4v) is 3.67. The third-order valence-corrected chi connectivity index (χ3v) is 4.97. The number of nitrogens with zero attached hydrogens (tertiary/aromatic N) is 5. The van der Waals surface area contributed by atoms with E-state index in [1.54, 1.807) is 10.8 Å². The SMILES string of the molecule is O=C(c1cn[nH]c1C(F)F)N1CCc2[nH]cnc2C1c1cc2ccccn2n1. The summed E-state index contributed by atoms with van der Waals surface area (Å²) in [7, 11) is 0. The van der Waals surface area contributed by atoms with E-state index in [9.17, 15) is 13.6 Å². The Kier molecular flexibility index (Phi) is 3.71. The highest BCUT2D eigenvalue weighted by Crippen LogP contribution is 2.35. The minimum absolute atomic E-state index is 0.136. The molecule has 0 saturated heterocycles. The molecule has 5 rings (SSSR count). The number of hydrogen-bond acceptors (Lipinski definition) is 4.